The first kappa shape index (κ1) is 26.1. The van der Waals surface area contributed by atoms with Gasteiger partial charge >= 0.3 is 0 Å². The number of rotatable bonds is 5. The van der Waals surface area contributed by atoms with E-state index in [0.717, 1.165) is 27.8 Å². The number of hydrogen-bond donors (Lipinski definition) is 1. The maximum Gasteiger partial charge on any atom is 0.245 e. The van der Waals surface area contributed by atoms with E-state index < -0.39 is 23.0 Å². The van der Waals surface area contributed by atoms with Crippen molar-refractivity contribution in [2.24, 2.45) is 16.9 Å². The van der Waals surface area contributed by atoms with Crippen molar-refractivity contribution in [3.63, 3.8) is 0 Å². The summed E-state index contributed by atoms with van der Waals surface area (Å²) in [6, 6.07) is 21.0. The molecule has 2 fully saturated rings. The van der Waals surface area contributed by atoms with Crippen molar-refractivity contribution >= 4 is 41.2 Å². The largest absolute Gasteiger partial charge is 0.347 e. The molecule has 0 saturated carbocycles. The molecular weight excluding hydrogens is 542 g/mol. The molecule has 2 atom stereocenters. The van der Waals surface area contributed by atoms with Crippen LogP contribution in [0, 0.1) is 18.8 Å². The van der Waals surface area contributed by atoms with Crippen molar-refractivity contribution in [2.75, 3.05) is 18.1 Å². The first-order chi connectivity index (χ1) is 19.7. The Morgan fingerprint density at radius 2 is 1.66 bits per heavy atom. The van der Waals surface area contributed by atoms with Gasteiger partial charge in [-0.15, -0.1) is 0 Å². The second kappa shape index (κ2) is 9.34. The van der Waals surface area contributed by atoms with Crippen molar-refractivity contribution in [3.8, 4) is 0 Å². The van der Waals surface area contributed by atoms with Gasteiger partial charge < -0.3 is 9.47 Å². The van der Waals surface area contributed by atoms with Crippen LogP contribution >= 0.6 is 11.6 Å². The highest BCUT2D eigenvalue weighted by Gasteiger charge is 2.68. The summed E-state index contributed by atoms with van der Waals surface area (Å²) in [5, 5.41) is 4.92. The molecule has 3 aromatic rings. The van der Waals surface area contributed by atoms with Gasteiger partial charge in [0.25, 0.3) is 0 Å². The summed E-state index contributed by atoms with van der Waals surface area (Å²) in [6.45, 7) is 4.44. The smallest absolute Gasteiger partial charge is 0.245 e. The minimum Gasteiger partial charge on any atom is -0.347 e. The number of hydrazone groups is 1. The van der Waals surface area contributed by atoms with Crippen molar-refractivity contribution in [2.45, 2.75) is 37.4 Å². The molecule has 0 radical (unpaired) electrons. The second-order valence-electron chi connectivity index (χ2n) is 11.3. The fourth-order valence-corrected chi connectivity index (χ4v) is 7.40. The summed E-state index contributed by atoms with van der Waals surface area (Å²) in [5.41, 5.74) is 6.62. The fraction of sp³-hybridized carbons (Fsp3) is 0.312. The molecule has 5 aliphatic rings. The summed E-state index contributed by atoms with van der Waals surface area (Å²) in [7, 11) is 0. The monoisotopic (exact) mass is 569 g/mol. The molecule has 0 spiro atoms. The highest BCUT2D eigenvalue weighted by Crippen LogP contribution is 2.63. The maximum atomic E-state index is 14.4. The molecule has 0 unspecified atom stereocenters. The number of carbonyl (C=O) groups excluding carboxylic acids is 3. The highest BCUT2D eigenvalue weighted by atomic mass is 35.5. The standard InChI is InChI=1S/C32H28ClN3O5/c1-18-11-12-19(15-24(18)33)36-29(38)27-26-20-7-3-5-9-22(20)32(28(27)30(36)39,23-10-6-4-8-21(23)26)17-34-35-25(37)16-31(2)40-13-14-41-31/h3-12,15,17,26-28H,13-14,16H2,1-2H3,(H,35,37)/b34-17-/t26?,27-,28-,32?/m1/s1. The lowest BCUT2D eigenvalue weighted by Gasteiger charge is -2.52. The Labute approximate surface area is 242 Å². The molecule has 41 heavy (non-hydrogen) atoms. The van der Waals surface area contributed by atoms with Crippen LogP contribution in [0.3, 0.4) is 0 Å². The van der Waals surface area contributed by atoms with Crippen molar-refractivity contribution in [3.05, 3.63) is 99.6 Å². The molecule has 2 bridgehead atoms. The van der Waals surface area contributed by atoms with Crippen LogP contribution in [-0.4, -0.2) is 42.9 Å². The molecule has 9 heteroatoms. The normalized spacial score (nSPS) is 27.2. The molecule has 3 amide bonds. The Hall–Kier alpha value is -3.85. The van der Waals surface area contributed by atoms with Gasteiger partial charge in [-0.3, -0.25) is 14.4 Å². The SMILES string of the molecule is Cc1ccc(N2C(=O)[C@@H]3C4c5ccccc5C(/C=N\NC(=O)CC5(C)OCCO5)(c5ccccc54)[C@H]3C2=O)cc1Cl. The maximum absolute atomic E-state index is 14.4. The van der Waals surface area contributed by atoms with Crippen LogP contribution in [0.25, 0.3) is 0 Å². The number of benzene rings is 3. The Balaban J connectivity index is 1.36. The summed E-state index contributed by atoms with van der Waals surface area (Å²) in [6.07, 6.45) is 1.61. The van der Waals surface area contributed by atoms with E-state index in [1.165, 1.54) is 4.90 Å². The zero-order valence-corrected chi connectivity index (χ0v) is 23.4. The predicted octanol–water partition coefficient (Wildman–Crippen LogP) is 4.45. The molecule has 2 saturated heterocycles. The lowest BCUT2D eigenvalue weighted by atomic mass is 9.47. The molecule has 8 nitrogen and oxygen atoms in total. The van der Waals surface area contributed by atoms with Gasteiger partial charge in [0, 0.05) is 17.2 Å². The van der Waals surface area contributed by atoms with E-state index in [0.29, 0.717) is 23.9 Å². The number of nitrogens with one attached hydrogen (secondary N) is 1. The number of carbonyl (C=O) groups is 3. The fourth-order valence-electron chi connectivity index (χ4n) is 7.22. The van der Waals surface area contributed by atoms with Gasteiger partial charge in [-0.05, 0) is 53.8 Å². The number of imide groups is 1. The van der Waals surface area contributed by atoms with E-state index in [2.05, 4.69) is 10.5 Å². The zero-order chi connectivity index (χ0) is 28.5. The first-order valence-corrected chi connectivity index (χ1v) is 14.1. The van der Waals surface area contributed by atoms with Gasteiger partial charge in [0.1, 0.15) is 0 Å². The number of amides is 3. The van der Waals surface area contributed by atoms with Gasteiger partial charge in [-0.2, -0.15) is 5.10 Å². The quantitative estimate of drug-likeness (QED) is 0.278. The van der Waals surface area contributed by atoms with Crippen LogP contribution in [0.1, 0.15) is 47.1 Å². The minimum atomic E-state index is -1.08. The molecule has 2 heterocycles. The third kappa shape index (κ3) is 3.74. The summed E-state index contributed by atoms with van der Waals surface area (Å²) < 4.78 is 11.1. The second-order valence-corrected chi connectivity index (χ2v) is 11.7. The number of nitrogens with zero attached hydrogens (tertiary/aromatic N) is 2. The molecule has 1 N–H and O–H groups in total. The lowest BCUT2D eigenvalue weighted by Crippen LogP contribution is -2.54. The van der Waals surface area contributed by atoms with Gasteiger partial charge in [0.05, 0.1) is 42.6 Å². The third-order valence-electron chi connectivity index (χ3n) is 8.93. The van der Waals surface area contributed by atoms with E-state index in [1.807, 2.05) is 61.5 Å². The average molecular weight is 570 g/mol. The first-order valence-electron chi connectivity index (χ1n) is 13.7. The van der Waals surface area contributed by atoms with Gasteiger partial charge in [-0.1, -0.05) is 66.2 Å². The van der Waals surface area contributed by atoms with Crippen LogP contribution in [0.5, 0.6) is 0 Å². The van der Waals surface area contributed by atoms with Crippen molar-refractivity contribution in [1.82, 2.24) is 5.43 Å². The molecule has 8 rings (SSSR count). The van der Waals surface area contributed by atoms with Gasteiger partial charge in [0.2, 0.25) is 17.7 Å². The summed E-state index contributed by atoms with van der Waals surface area (Å²) >= 11 is 6.42. The number of hydrogen-bond acceptors (Lipinski definition) is 6. The Kier molecular flexibility index (Phi) is 5.94. The molecule has 3 aromatic carbocycles. The number of anilines is 1. The predicted molar refractivity (Wildman–Crippen MR) is 153 cm³/mol. The number of ether oxygens (including phenoxy) is 2. The zero-order valence-electron chi connectivity index (χ0n) is 22.6. The molecule has 3 aliphatic carbocycles. The van der Waals surface area contributed by atoms with E-state index in [4.69, 9.17) is 21.1 Å². The van der Waals surface area contributed by atoms with Gasteiger partial charge in [-0.25, -0.2) is 10.3 Å². The van der Waals surface area contributed by atoms with Crippen LogP contribution < -0.4 is 10.3 Å². The van der Waals surface area contributed by atoms with Crippen LogP contribution in [0.4, 0.5) is 5.69 Å². The van der Waals surface area contributed by atoms with Crippen LogP contribution in [0.15, 0.2) is 71.8 Å². The third-order valence-corrected chi connectivity index (χ3v) is 9.34. The van der Waals surface area contributed by atoms with E-state index >= 15 is 0 Å². The summed E-state index contributed by atoms with van der Waals surface area (Å²) in [5.74, 6) is -3.66. The molecule has 0 aromatic heterocycles. The van der Waals surface area contributed by atoms with Crippen molar-refractivity contribution in [1.29, 1.82) is 0 Å². The topological polar surface area (TPSA) is 97.3 Å². The van der Waals surface area contributed by atoms with E-state index in [-0.39, 0.29) is 30.1 Å². The van der Waals surface area contributed by atoms with E-state index in [9.17, 15) is 14.4 Å². The highest BCUT2D eigenvalue weighted by molar-refractivity contribution is 6.32. The summed E-state index contributed by atoms with van der Waals surface area (Å²) in [4.78, 5) is 42.8. The minimum absolute atomic E-state index is 0.0297. The molecule has 2 aliphatic heterocycles. The van der Waals surface area contributed by atoms with Crippen molar-refractivity contribution < 1.29 is 23.9 Å². The van der Waals surface area contributed by atoms with Gasteiger partial charge in [0.15, 0.2) is 5.79 Å². The molecular formula is C32H28ClN3O5. The molecule has 208 valence electrons. The van der Waals surface area contributed by atoms with Crippen LogP contribution in [0.2, 0.25) is 5.02 Å². The Morgan fingerprint density at radius 1 is 1.02 bits per heavy atom. The number of halogens is 1. The van der Waals surface area contributed by atoms with Crippen LogP contribution in [-0.2, 0) is 29.3 Å². The number of aryl methyl sites for hydroxylation is 1. The Morgan fingerprint density at radius 3 is 2.29 bits per heavy atom. The average Bonchev–Trinajstić information content (AvgIpc) is 3.51. The van der Waals surface area contributed by atoms with E-state index in [1.54, 1.807) is 25.3 Å². The lowest BCUT2D eigenvalue weighted by molar-refractivity contribution is -0.159. The Bertz CT molecular complexity index is 1600.